The fraction of sp³-hybridized carbons (Fsp3) is 0.409. The van der Waals surface area contributed by atoms with Crippen molar-refractivity contribution in [3.63, 3.8) is 0 Å². The minimum Gasteiger partial charge on any atom is -0.493 e. The SMILES string of the molecule is CC(Cc1ccc2c(c1)CCO2)NC(=O)Nc1ccc(C(C)(C)C)cc1. The van der Waals surface area contributed by atoms with Crippen molar-refractivity contribution in [2.24, 2.45) is 0 Å². The highest BCUT2D eigenvalue weighted by atomic mass is 16.5. The molecule has 2 aromatic rings. The smallest absolute Gasteiger partial charge is 0.319 e. The zero-order valence-electron chi connectivity index (χ0n) is 16.1. The van der Waals surface area contributed by atoms with Crippen molar-refractivity contribution in [2.75, 3.05) is 11.9 Å². The van der Waals surface area contributed by atoms with Crippen molar-refractivity contribution in [2.45, 2.75) is 52.0 Å². The van der Waals surface area contributed by atoms with Crippen molar-refractivity contribution in [1.29, 1.82) is 0 Å². The van der Waals surface area contributed by atoms with Gasteiger partial charge in [-0.2, -0.15) is 0 Å². The molecule has 4 heteroatoms. The highest BCUT2D eigenvalue weighted by Crippen LogP contribution is 2.26. The summed E-state index contributed by atoms with van der Waals surface area (Å²) in [4.78, 5) is 12.2. The number of carbonyl (C=O) groups is 1. The third-order valence-electron chi connectivity index (χ3n) is 4.68. The summed E-state index contributed by atoms with van der Waals surface area (Å²) in [5.74, 6) is 0.991. The molecule has 0 saturated heterocycles. The number of amides is 2. The van der Waals surface area contributed by atoms with Gasteiger partial charge >= 0.3 is 6.03 Å². The van der Waals surface area contributed by atoms with Gasteiger partial charge in [0.15, 0.2) is 0 Å². The number of benzene rings is 2. The first-order valence-corrected chi connectivity index (χ1v) is 9.24. The third-order valence-corrected chi connectivity index (χ3v) is 4.68. The van der Waals surface area contributed by atoms with E-state index in [-0.39, 0.29) is 17.5 Å². The van der Waals surface area contributed by atoms with E-state index < -0.39 is 0 Å². The fourth-order valence-electron chi connectivity index (χ4n) is 3.22. The van der Waals surface area contributed by atoms with Gasteiger partial charge in [-0.25, -0.2) is 4.79 Å². The Kier molecular flexibility index (Phi) is 5.21. The second-order valence-corrected chi connectivity index (χ2v) is 8.07. The van der Waals surface area contributed by atoms with Gasteiger partial charge < -0.3 is 15.4 Å². The lowest BCUT2D eigenvalue weighted by Gasteiger charge is -2.19. The predicted molar refractivity (Wildman–Crippen MR) is 106 cm³/mol. The van der Waals surface area contributed by atoms with Crippen LogP contribution in [0.1, 0.15) is 44.4 Å². The van der Waals surface area contributed by atoms with E-state index in [1.165, 1.54) is 16.7 Å². The number of nitrogens with one attached hydrogen (secondary N) is 2. The van der Waals surface area contributed by atoms with Crippen LogP contribution in [-0.4, -0.2) is 18.7 Å². The number of hydrogen-bond acceptors (Lipinski definition) is 2. The van der Waals surface area contributed by atoms with Crippen LogP contribution < -0.4 is 15.4 Å². The van der Waals surface area contributed by atoms with Gasteiger partial charge in [0.25, 0.3) is 0 Å². The van der Waals surface area contributed by atoms with Crippen molar-refractivity contribution in [3.8, 4) is 5.75 Å². The van der Waals surface area contributed by atoms with Crippen molar-refractivity contribution >= 4 is 11.7 Å². The van der Waals surface area contributed by atoms with Crippen LogP contribution in [0.2, 0.25) is 0 Å². The molecule has 0 aliphatic carbocycles. The molecule has 2 amide bonds. The third kappa shape index (κ3) is 4.57. The van der Waals surface area contributed by atoms with E-state index in [1.54, 1.807) is 0 Å². The molecule has 0 saturated carbocycles. The molecule has 0 bridgehead atoms. The molecular formula is C22H28N2O2. The van der Waals surface area contributed by atoms with E-state index in [9.17, 15) is 4.79 Å². The molecule has 2 aromatic carbocycles. The normalized spacial score (nSPS) is 14.3. The van der Waals surface area contributed by atoms with Gasteiger partial charge in [0, 0.05) is 18.2 Å². The molecule has 0 aromatic heterocycles. The number of fused-ring (bicyclic) bond motifs is 1. The summed E-state index contributed by atoms with van der Waals surface area (Å²) in [6.45, 7) is 9.31. The van der Waals surface area contributed by atoms with Gasteiger partial charge in [-0.3, -0.25) is 0 Å². The average molecular weight is 352 g/mol. The summed E-state index contributed by atoms with van der Waals surface area (Å²) in [5.41, 5.74) is 4.64. The Hall–Kier alpha value is -2.49. The molecule has 1 aliphatic heterocycles. The Bertz CT molecular complexity index is 776. The van der Waals surface area contributed by atoms with Crippen LogP contribution >= 0.6 is 0 Å². The fourth-order valence-corrected chi connectivity index (χ4v) is 3.22. The molecule has 1 unspecified atom stereocenters. The minimum atomic E-state index is -0.175. The standard InChI is InChI=1S/C22H28N2O2/c1-15(13-16-5-10-20-17(14-16)11-12-26-20)23-21(25)24-19-8-6-18(7-9-19)22(2,3)4/h5-10,14-15H,11-13H2,1-4H3,(H2,23,24,25). The number of urea groups is 1. The van der Waals surface area contributed by atoms with Gasteiger partial charge in [0.1, 0.15) is 5.75 Å². The number of rotatable bonds is 4. The van der Waals surface area contributed by atoms with Gasteiger partial charge in [-0.1, -0.05) is 45.0 Å². The molecule has 26 heavy (non-hydrogen) atoms. The summed E-state index contributed by atoms with van der Waals surface area (Å²) in [7, 11) is 0. The zero-order chi connectivity index (χ0) is 18.7. The lowest BCUT2D eigenvalue weighted by molar-refractivity contribution is 0.249. The quantitative estimate of drug-likeness (QED) is 0.840. The molecule has 1 aliphatic rings. The first kappa shape index (κ1) is 18.3. The molecule has 4 nitrogen and oxygen atoms in total. The maximum Gasteiger partial charge on any atom is 0.319 e. The maximum atomic E-state index is 12.2. The lowest BCUT2D eigenvalue weighted by atomic mass is 9.87. The Labute approximate surface area is 156 Å². The molecule has 0 spiro atoms. The van der Waals surface area contributed by atoms with E-state index in [1.807, 2.05) is 25.1 Å². The molecule has 138 valence electrons. The number of ether oxygens (including phenoxy) is 1. The average Bonchev–Trinajstić information content (AvgIpc) is 3.01. The summed E-state index contributed by atoms with van der Waals surface area (Å²) >= 11 is 0. The zero-order valence-corrected chi connectivity index (χ0v) is 16.1. The van der Waals surface area contributed by atoms with E-state index in [4.69, 9.17) is 4.74 Å². The van der Waals surface area contributed by atoms with Gasteiger partial charge in [0.05, 0.1) is 6.61 Å². The van der Waals surface area contributed by atoms with E-state index in [0.29, 0.717) is 0 Å². The van der Waals surface area contributed by atoms with E-state index in [2.05, 4.69) is 55.7 Å². The van der Waals surface area contributed by atoms with Crippen LogP contribution in [0.4, 0.5) is 10.5 Å². The van der Waals surface area contributed by atoms with E-state index >= 15 is 0 Å². The molecule has 0 fully saturated rings. The predicted octanol–water partition coefficient (Wildman–Crippen LogP) is 4.67. The first-order chi connectivity index (χ1) is 12.3. The summed E-state index contributed by atoms with van der Waals surface area (Å²) in [6, 6.07) is 14.2. The number of carbonyl (C=O) groups excluding carboxylic acids is 1. The Balaban J connectivity index is 1.52. The van der Waals surface area contributed by atoms with Crippen LogP contribution in [0.15, 0.2) is 42.5 Å². The lowest BCUT2D eigenvalue weighted by Crippen LogP contribution is -2.37. The molecule has 2 N–H and O–H groups in total. The topological polar surface area (TPSA) is 50.4 Å². The van der Waals surface area contributed by atoms with Crippen molar-refractivity contribution < 1.29 is 9.53 Å². The highest BCUT2D eigenvalue weighted by Gasteiger charge is 2.15. The summed E-state index contributed by atoms with van der Waals surface area (Å²) in [5, 5.41) is 5.92. The minimum absolute atomic E-state index is 0.0456. The largest absolute Gasteiger partial charge is 0.493 e. The van der Waals surface area contributed by atoms with Crippen molar-refractivity contribution in [1.82, 2.24) is 5.32 Å². The Morgan fingerprint density at radius 1 is 1.15 bits per heavy atom. The van der Waals surface area contributed by atoms with E-state index in [0.717, 1.165) is 30.9 Å². The monoisotopic (exact) mass is 352 g/mol. The first-order valence-electron chi connectivity index (χ1n) is 9.24. The molecule has 1 heterocycles. The van der Waals surface area contributed by atoms with Crippen LogP contribution in [0, 0.1) is 0 Å². The van der Waals surface area contributed by atoms with Crippen LogP contribution in [0.5, 0.6) is 5.75 Å². The summed E-state index contributed by atoms with van der Waals surface area (Å²) in [6.07, 6.45) is 1.76. The molecule has 0 radical (unpaired) electrons. The van der Waals surface area contributed by atoms with Gasteiger partial charge in [0.2, 0.25) is 0 Å². The molecule has 1 atom stereocenters. The van der Waals surface area contributed by atoms with Crippen LogP contribution in [-0.2, 0) is 18.3 Å². The van der Waals surface area contributed by atoms with Crippen LogP contribution in [0.3, 0.4) is 0 Å². The maximum absolute atomic E-state index is 12.2. The van der Waals surface area contributed by atoms with Crippen molar-refractivity contribution in [3.05, 3.63) is 59.2 Å². The second kappa shape index (κ2) is 7.40. The van der Waals surface area contributed by atoms with Gasteiger partial charge in [-0.05, 0) is 53.6 Å². The Morgan fingerprint density at radius 2 is 1.88 bits per heavy atom. The number of hydrogen-bond donors (Lipinski definition) is 2. The Morgan fingerprint density at radius 3 is 2.58 bits per heavy atom. The van der Waals surface area contributed by atoms with Crippen LogP contribution in [0.25, 0.3) is 0 Å². The molecular weight excluding hydrogens is 324 g/mol. The number of anilines is 1. The molecule has 3 rings (SSSR count). The van der Waals surface area contributed by atoms with Gasteiger partial charge in [-0.15, -0.1) is 0 Å². The highest BCUT2D eigenvalue weighted by molar-refractivity contribution is 5.89. The summed E-state index contributed by atoms with van der Waals surface area (Å²) < 4.78 is 5.54. The second-order valence-electron chi connectivity index (χ2n) is 8.07.